The third-order valence-electron chi connectivity index (χ3n) is 4.19. The Hall–Kier alpha value is 1.41. The molecule has 0 aromatic heterocycles. The van der Waals surface area contributed by atoms with E-state index in [0.717, 1.165) is 0 Å². The Morgan fingerprint density at radius 1 is 0.889 bits per heavy atom. The van der Waals surface area contributed by atoms with E-state index in [2.05, 4.69) is 4.29 Å². The van der Waals surface area contributed by atoms with Gasteiger partial charge in [0.25, 0.3) is 10.8 Å². The van der Waals surface area contributed by atoms with Crippen molar-refractivity contribution in [2.24, 2.45) is 0 Å². The molecule has 0 saturated carbocycles. The minimum Gasteiger partial charge on any atom is -0.394 e. The molecule has 0 aromatic rings. The molecule has 2 fully saturated rings. The van der Waals surface area contributed by atoms with Crippen LogP contribution in [0.2, 0.25) is 0 Å². The maximum absolute atomic E-state index is 10.6. The Balaban J connectivity index is 0.00000364. The Labute approximate surface area is 198 Å². The summed E-state index contributed by atoms with van der Waals surface area (Å²) in [6, 6.07) is 0. The van der Waals surface area contributed by atoms with Gasteiger partial charge in [0.05, 0.1) is 13.2 Å². The van der Waals surface area contributed by atoms with Crippen LogP contribution in [-0.2, 0) is 18.5 Å². The largest absolute Gasteiger partial charge is 0.394 e. The Bertz CT molecular complexity index is 459. The van der Waals surface area contributed by atoms with Crippen LogP contribution < -0.4 is 9.32 Å². The second-order valence-electron chi connectivity index (χ2n) is 5.84. The molecule has 0 bridgehead atoms. The van der Waals surface area contributed by atoms with E-state index in [4.69, 9.17) is 19.3 Å². The minimum atomic E-state index is -2.71. The normalized spacial score (nSPS) is 45.1. The van der Waals surface area contributed by atoms with Gasteiger partial charge in [-0.25, -0.2) is 0 Å². The molecular formula is C12H22ClKO13. The van der Waals surface area contributed by atoms with Crippen LogP contribution in [-0.4, -0.2) is 162 Å². The predicted molar refractivity (Wildman–Crippen MR) is 74.7 cm³/mol. The van der Waals surface area contributed by atoms with Crippen LogP contribution in [0.1, 0.15) is 0 Å². The molecule has 2 rings (SSSR count). The summed E-state index contributed by atoms with van der Waals surface area (Å²) in [6.07, 6.45) is -13.6. The van der Waals surface area contributed by atoms with E-state index in [9.17, 15) is 40.0 Å². The summed E-state index contributed by atoms with van der Waals surface area (Å²) in [4.78, 5) is 0. The first-order valence-electron chi connectivity index (χ1n) is 7.48. The van der Waals surface area contributed by atoms with Crippen LogP contribution in [0.25, 0.3) is 0 Å². The van der Waals surface area contributed by atoms with Gasteiger partial charge >= 0.3 is 51.4 Å². The summed E-state index contributed by atoms with van der Waals surface area (Å²) in [6.45, 7) is -2.54. The second kappa shape index (κ2) is 11.1. The minimum absolute atomic E-state index is 0. The molecule has 2 heterocycles. The fourth-order valence-corrected chi connectivity index (χ4v) is 2.98. The summed E-state index contributed by atoms with van der Waals surface area (Å²) < 4.78 is 41.1. The number of aliphatic hydroxyl groups excluding tert-OH is 7. The van der Waals surface area contributed by atoms with E-state index in [1.54, 1.807) is 0 Å². The first-order valence-corrected chi connectivity index (χ1v) is 8.41. The van der Waals surface area contributed by atoms with E-state index in [0.29, 0.717) is 0 Å². The molecular weight excluding hydrogens is 427 g/mol. The molecule has 7 N–H and O–H groups in total. The van der Waals surface area contributed by atoms with E-state index >= 15 is 0 Å². The average molecular weight is 449 g/mol. The van der Waals surface area contributed by atoms with Gasteiger partial charge in [-0.2, -0.15) is 0 Å². The van der Waals surface area contributed by atoms with Crippen molar-refractivity contribution in [3.05, 3.63) is 0 Å². The van der Waals surface area contributed by atoms with Crippen LogP contribution in [0.3, 0.4) is 0 Å². The van der Waals surface area contributed by atoms with Gasteiger partial charge in [0.1, 0.15) is 42.7 Å². The van der Waals surface area contributed by atoms with Crippen molar-refractivity contribution in [3.8, 4) is 0 Å². The summed E-state index contributed by atoms with van der Waals surface area (Å²) in [5.41, 5.74) is 0. The van der Waals surface area contributed by atoms with Crippen LogP contribution in [0.15, 0.2) is 0 Å². The molecule has 15 heteroatoms. The molecule has 0 radical (unpaired) electrons. The molecule has 156 valence electrons. The summed E-state index contributed by atoms with van der Waals surface area (Å²) in [7, 11) is -2.71. The number of ether oxygens (including phenoxy) is 3. The van der Waals surface area contributed by atoms with Gasteiger partial charge in [-0.05, 0) is 0 Å². The van der Waals surface area contributed by atoms with E-state index in [-0.39, 0.29) is 51.4 Å². The van der Waals surface area contributed by atoms with Crippen LogP contribution >= 0.6 is 0 Å². The zero-order chi connectivity index (χ0) is 19.6. The van der Waals surface area contributed by atoms with Gasteiger partial charge < -0.3 is 59.3 Å². The summed E-state index contributed by atoms with van der Waals surface area (Å²) >= 11 is 0. The quantitative estimate of drug-likeness (QED) is 0.180. The van der Waals surface area contributed by atoms with Crippen molar-refractivity contribution in [2.45, 2.75) is 54.8 Å². The van der Waals surface area contributed by atoms with Gasteiger partial charge in [0, 0.05) is 4.29 Å². The van der Waals surface area contributed by atoms with Crippen LogP contribution in [0, 0.1) is 10.8 Å². The summed E-state index contributed by atoms with van der Waals surface area (Å²) in [5, 5.41) is 67.9. The molecule has 2 aliphatic rings. The monoisotopic (exact) mass is 448 g/mol. The average Bonchev–Trinajstić information content (AvgIpc) is 2.85. The van der Waals surface area contributed by atoms with E-state index in [1.165, 1.54) is 0 Å². The zero-order valence-electron chi connectivity index (χ0n) is 13.2. The number of hydrogen-bond donors (Lipinski definition) is 7. The third kappa shape index (κ3) is 5.76. The Morgan fingerprint density at radius 2 is 1.48 bits per heavy atom. The molecule has 27 heavy (non-hydrogen) atoms. The van der Waals surface area contributed by atoms with Crippen molar-refractivity contribution in [2.75, 3.05) is 19.8 Å². The maximum atomic E-state index is 10.6. The third-order valence-corrected chi connectivity index (χ3v) is 4.48. The standard InChI is InChI=1S/C12H21ClO13.K.H/c14-1-4-6(16)8(18)9(19)11(24-4)26-12(3-23-13(21)22)10(20)7(17)5(2-15)25-12;;/h4-11,14-20H,1-3H2;;/t4-,5-,6-,7-,8+,9-,10+,11-,12+;;/m1../s1. The predicted octanol–water partition coefficient (Wildman–Crippen LogP) is -7.93. The van der Waals surface area contributed by atoms with E-state index in [1.807, 2.05) is 0 Å². The van der Waals surface area contributed by atoms with Crippen molar-refractivity contribution >= 4 is 51.4 Å². The topological polar surface area (TPSA) is 225 Å². The SMILES string of the molecule is [KH].[O-][Cl+2]([O-])OC[C@@]1(O[C@H]2O[C@H](CO)[C@@H](O)[C@H](O)[C@H]2O)O[C@H](CO)[C@@H](O)[C@@H]1O. The zero-order valence-corrected chi connectivity index (χ0v) is 14.0. The number of rotatable bonds is 7. The molecule has 0 amide bonds. The van der Waals surface area contributed by atoms with Crippen molar-refractivity contribution in [1.82, 2.24) is 0 Å². The van der Waals surface area contributed by atoms with Crippen LogP contribution in [0.4, 0.5) is 0 Å². The van der Waals surface area contributed by atoms with Crippen molar-refractivity contribution in [3.63, 3.8) is 0 Å². The first kappa shape index (κ1) is 26.4. The number of aliphatic hydroxyl groups is 7. The summed E-state index contributed by atoms with van der Waals surface area (Å²) in [5.74, 6) is -2.41. The fraction of sp³-hybridized carbons (Fsp3) is 1.00. The first-order chi connectivity index (χ1) is 12.2. The second-order valence-corrected chi connectivity index (χ2v) is 6.44. The molecule has 9 atom stereocenters. The molecule has 0 spiro atoms. The van der Waals surface area contributed by atoms with Crippen molar-refractivity contribution in [1.29, 1.82) is 0 Å². The smallest absolute Gasteiger partial charge is 0.285 e. The van der Waals surface area contributed by atoms with Gasteiger partial charge in [-0.3, -0.25) is 0 Å². The van der Waals surface area contributed by atoms with Crippen molar-refractivity contribution < 1.29 is 74.3 Å². The Kier molecular flexibility index (Phi) is 10.9. The van der Waals surface area contributed by atoms with Gasteiger partial charge in [0.2, 0.25) is 12.4 Å². The van der Waals surface area contributed by atoms with Gasteiger partial charge in [-0.1, -0.05) is 0 Å². The molecule has 0 aliphatic carbocycles. The maximum Gasteiger partial charge on any atom is 0.285 e. The molecule has 13 nitrogen and oxygen atoms in total. The molecule has 0 unspecified atom stereocenters. The Morgan fingerprint density at radius 3 is 1.96 bits per heavy atom. The molecule has 2 saturated heterocycles. The van der Waals surface area contributed by atoms with Crippen LogP contribution in [0.5, 0.6) is 0 Å². The van der Waals surface area contributed by atoms with Gasteiger partial charge in [-0.15, -0.1) is 0 Å². The molecule has 0 aromatic carbocycles. The fourth-order valence-electron chi connectivity index (χ4n) is 2.74. The number of hydrogen-bond acceptors (Lipinski definition) is 13. The van der Waals surface area contributed by atoms with E-state index < -0.39 is 85.4 Å². The van der Waals surface area contributed by atoms with Gasteiger partial charge in [0.15, 0.2) is 6.29 Å². The number of halogens is 1. The molecule has 2 aliphatic heterocycles.